The molecule has 1 unspecified atom stereocenters. The Morgan fingerprint density at radius 2 is 1.94 bits per heavy atom. The molecule has 1 amide bonds. The van der Waals surface area contributed by atoms with Gasteiger partial charge in [0, 0.05) is 24.2 Å². The van der Waals surface area contributed by atoms with Crippen molar-refractivity contribution in [3.63, 3.8) is 0 Å². The fourth-order valence-corrected chi connectivity index (χ4v) is 1.51. The molecule has 0 saturated heterocycles. The summed E-state index contributed by atoms with van der Waals surface area (Å²) < 4.78 is 10.3. The van der Waals surface area contributed by atoms with E-state index < -0.39 is 0 Å². The zero-order chi connectivity index (χ0) is 13.5. The Hall–Kier alpha value is -1.75. The summed E-state index contributed by atoms with van der Waals surface area (Å²) in [7, 11) is 4.96. The first-order chi connectivity index (χ1) is 8.60. The first-order valence-corrected chi connectivity index (χ1v) is 5.79. The number of ether oxygens (including phenoxy) is 2. The van der Waals surface area contributed by atoms with E-state index in [0.29, 0.717) is 23.6 Å². The summed E-state index contributed by atoms with van der Waals surface area (Å²) in [6, 6.07) is 5.42. The maximum Gasteiger partial charge on any atom is 0.225 e. The van der Waals surface area contributed by atoms with Crippen molar-refractivity contribution in [1.29, 1.82) is 0 Å². The predicted molar refractivity (Wildman–Crippen MR) is 71.3 cm³/mol. The lowest BCUT2D eigenvalue weighted by Crippen LogP contribution is -2.27. The number of nitrogens with one attached hydrogen (secondary N) is 2. The molecular weight excluding hydrogens is 232 g/mol. The molecule has 0 aromatic heterocycles. The summed E-state index contributed by atoms with van der Waals surface area (Å²) >= 11 is 0. The van der Waals surface area contributed by atoms with Crippen LogP contribution in [0.15, 0.2) is 18.2 Å². The first kappa shape index (κ1) is 14.3. The van der Waals surface area contributed by atoms with E-state index in [1.54, 1.807) is 32.4 Å². The Morgan fingerprint density at radius 1 is 1.28 bits per heavy atom. The monoisotopic (exact) mass is 252 g/mol. The van der Waals surface area contributed by atoms with Crippen LogP contribution >= 0.6 is 0 Å². The zero-order valence-corrected chi connectivity index (χ0v) is 11.2. The number of carbonyl (C=O) groups is 1. The van der Waals surface area contributed by atoms with Crippen LogP contribution in [0.2, 0.25) is 0 Å². The van der Waals surface area contributed by atoms with Crippen molar-refractivity contribution in [3.8, 4) is 11.5 Å². The van der Waals surface area contributed by atoms with Crippen LogP contribution in [0, 0.1) is 0 Å². The maximum atomic E-state index is 11.7. The molecule has 0 aliphatic rings. The van der Waals surface area contributed by atoms with Crippen molar-refractivity contribution in [2.45, 2.75) is 19.4 Å². The van der Waals surface area contributed by atoms with Crippen LogP contribution in [-0.4, -0.2) is 33.2 Å². The van der Waals surface area contributed by atoms with E-state index >= 15 is 0 Å². The topological polar surface area (TPSA) is 59.6 Å². The van der Waals surface area contributed by atoms with Crippen molar-refractivity contribution in [2.24, 2.45) is 0 Å². The number of anilines is 1. The number of carbonyl (C=O) groups excluding carboxylic acids is 1. The maximum absolute atomic E-state index is 11.7. The standard InChI is InChI=1S/C13H20N2O3/c1-9(14-2)7-13(16)15-10-5-6-11(17-3)12(8-10)18-4/h5-6,8-9,14H,7H2,1-4H3,(H,15,16). The van der Waals surface area contributed by atoms with E-state index in [1.165, 1.54) is 0 Å². The molecule has 0 heterocycles. The molecule has 1 aromatic carbocycles. The molecule has 100 valence electrons. The number of hydrogen-bond acceptors (Lipinski definition) is 4. The summed E-state index contributed by atoms with van der Waals surface area (Å²) in [5.74, 6) is 1.19. The molecular formula is C13H20N2O3. The smallest absolute Gasteiger partial charge is 0.225 e. The van der Waals surface area contributed by atoms with Crippen molar-refractivity contribution >= 4 is 11.6 Å². The van der Waals surface area contributed by atoms with Gasteiger partial charge in [0.1, 0.15) is 0 Å². The highest BCUT2D eigenvalue weighted by molar-refractivity contribution is 5.91. The Balaban J connectivity index is 2.70. The van der Waals surface area contributed by atoms with Gasteiger partial charge in [0.2, 0.25) is 5.91 Å². The molecule has 2 N–H and O–H groups in total. The quantitative estimate of drug-likeness (QED) is 0.808. The molecule has 0 spiro atoms. The third kappa shape index (κ3) is 3.92. The highest BCUT2D eigenvalue weighted by atomic mass is 16.5. The largest absolute Gasteiger partial charge is 0.493 e. The molecule has 5 nitrogen and oxygen atoms in total. The normalized spacial score (nSPS) is 11.8. The molecule has 0 aliphatic heterocycles. The second-order valence-electron chi connectivity index (χ2n) is 4.01. The van der Waals surface area contributed by atoms with E-state index in [9.17, 15) is 4.79 Å². The van der Waals surface area contributed by atoms with Gasteiger partial charge in [-0.3, -0.25) is 4.79 Å². The minimum atomic E-state index is -0.0379. The molecule has 5 heteroatoms. The second kappa shape index (κ2) is 6.86. The summed E-state index contributed by atoms with van der Waals surface area (Å²) in [5, 5.41) is 5.84. The van der Waals surface area contributed by atoms with Gasteiger partial charge < -0.3 is 20.1 Å². The zero-order valence-electron chi connectivity index (χ0n) is 11.2. The third-order valence-electron chi connectivity index (χ3n) is 2.65. The molecule has 1 aromatic rings. The SMILES string of the molecule is CNC(C)CC(=O)Nc1ccc(OC)c(OC)c1. The van der Waals surface area contributed by atoms with Crippen LogP contribution in [0.1, 0.15) is 13.3 Å². The summed E-state index contributed by atoms with van der Waals surface area (Å²) in [6.45, 7) is 1.95. The summed E-state index contributed by atoms with van der Waals surface area (Å²) in [5.41, 5.74) is 0.695. The fourth-order valence-electron chi connectivity index (χ4n) is 1.51. The van der Waals surface area contributed by atoms with Crippen molar-refractivity contribution < 1.29 is 14.3 Å². The number of benzene rings is 1. The Morgan fingerprint density at radius 3 is 2.50 bits per heavy atom. The minimum absolute atomic E-state index is 0.0379. The van der Waals surface area contributed by atoms with E-state index in [1.807, 2.05) is 14.0 Å². The van der Waals surface area contributed by atoms with Crippen LogP contribution in [0.5, 0.6) is 11.5 Å². The second-order valence-corrected chi connectivity index (χ2v) is 4.01. The molecule has 0 bridgehead atoms. The number of hydrogen-bond donors (Lipinski definition) is 2. The van der Waals surface area contributed by atoms with Gasteiger partial charge in [0.15, 0.2) is 11.5 Å². The fraction of sp³-hybridized carbons (Fsp3) is 0.462. The van der Waals surface area contributed by atoms with E-state index in [2.05, 4.69) is 10.6 Å². The van der Waals surface area contributed by atoms with Crippen molar-refractivity contribution in [3.05, 3.63) is 18.2 Å². The van der Waals surface area contributed by atoms with E-state index in [0.717, 1.165) is 0 Å². The van der Waals surface area contributed by atoms with Crippen molar-refractivity contribution in [2.75, 3.05) is 26.6 Å². The molecule has 0 radical (unpaired) electrons. The lowest BCUT2D eigenvalue weighted by Gasteiger charge is -2.12. The Kier molecular flexibility index (Phi) is 5.45. The number of methoxy groups -OCH3 is 2. The average Bonchev–Trinajstić information content (AvgIpc) is 2.38. The highest BCUT2D eigenvalue weighted by Gasteiger charge is 2.09. The van der Waals surface area contributed by atoms with Gasteiger partial charge in [-0.2, -0.15) is 0 Å². The Bertz CT molecular complexity index is 407. The third-order valence-corrected chi connectivity index (χ3v) is 2.65. The number of amides is 1. The van der Waals surface area contributed by atoms with Gasteiger partial charge in [-0.05, 0) is 26.1 Å². The lowest BCUT2D eigenvalue weighted by molar-refractivity contribution is -0.116. The van der Waals surface area contributed by atoms with Crippen LogP contribution in [0.4, 0.5) is 5.69 Å². The molecule has 0 fully saturated rings. The van der Waals surface area contributed by atoms with Gasteiger partial charge in [0.25, 0.3) is 0 Å². The molecule has 18 heavy (non-hydrogen) atoms. The lowest BCUT2D eigenvalue weighted by atomic mass is 10.2. The Labute approximate surface area is 107 Å². The van der Waals surface area contributed by atoms with Crippen LogP contribution in [0.25, 0.3) is 0 Å². The van der Waals surface area contributed by atoms with Gasteiger partial charge in [-0.1, -0.05) is 0 Å². The minimum Gasteiger partial charge on any atom is -0.493 e. The van der Waals surface area contributed by atoms with Gasteiger partial charge in [0.05, 0.1) is 14.2 Å². The molecule has 0 aliphatic carbocycles. The van der Waals surface area contributed by atoms with Crippen LogP contribution in [-0.2, 0) is 4.79 Å². The van der Waals surface area contributed by atoms with Gasteiger partial charge in [-0.15, -0.1) is 0 Å². The van der Waals surface area contributed by atoms with E-state index in [4.69, 9.17) is 9.47 Å². The number of rotatable bonds is 6. The first-order valence-electron chi connectivity index (χ1n) is 5.79. The van der Waals surface area contributed by atoms with Crippen LogP contribution in [0.3, 0.4) is 0 Å². The summed E-state index contributed by atoms with van der Waals surface area (Å²) in [4.78, 5) is 11.7. The highest BCUT2D eigenvalue weighted by Crippen LogP contribution is 2.29. The van der Waals surface area contributed by atoms with Gasteiger partial charge in [-0.25, -0.2) is 0 Å². The van der Waals surface area contributed by atoms with Gasteiger partial charge >= 0.3 is 0 Å². The van der Waals surface area contributed by atoms with Crippen LogP contribution < -0.4 is 20.1 Å². The average molecular weight is 252 g/mol. The van der Waals surface area contributed by atoms with Crippen molar-refractivity contribution in [1.82, 2.24) is 5.32 Å². The molecule has 0 saturated carbocycles. The molecule has 1 atom stereocenters. The predicted octanol–water partition coefficient (Wildman–Crippen LogP) is 1.64. The van der Waals surface area contributed by atoms with E-state index in [-0.39, 0.29) is 11.9 Å². The molecule has 1 rings (SSSR count). The summed E-state index contributed by atoms with van der Waals surface area (Å²) in [6.07, 6.45) is 0.421.